The number of carbonyl (C=O) groups is 2. The van der Waals surface area contributed by atoms with Crippen LogP contribution in [0.15, 0.2) is 77.2 Å². The third-order valence-corrected chi connectivity index (χ3v) is 6.65. The summed E-state index contributed by atoms with van der Waals surface area (Å²) < 4.78 is 46.2. The van der Waals surface area contributed by atoms with Gasteiger partial charge in [0.1, 0.15) is 17.2 Å². The Morgan fingerprint density at radius 3 is 2.28 bits per heavy atom. The Kier molecular flexibility index (Phi) is 7.60. The highest BCUT2D eigenvalue weighted by Crippen LogP contribution is 2.37. The average Bonchev–Trinajstić information content (AvgIpc) is 3.24. The summed E-state index contributed by atoms with van der Waals surface area (Å²) in [6, 6.07) is 17.9. The zero-order valence-electron chi connectivity index (χ0n) is 21.8. The molecular weight excluding hydrogens is 521 g/mol. The topological polar surface area (TPSA) is 118 Å². The quantitative estimate of drug-likeness (QED) is 0.266. The van der Waals surface area contributed by atoms with Crippen molar-refractivity contribution in [2.24, 2.45) is 0 Å². The van der Waals surface area contributed by atoms with E-state index in [0.29, 0.717) is 16.5 Å². The number of halogens is 1. The number of hydrogen-bond donors (Lipinski definition) is 3. The van der Waals surface area contributed by atoms with E-state index in [2.05, 4.69) is 15.4 Å². The van der Waals surface area contributed by atoms with Gasteiger partial charge in [0, 0.05) is 30.1 Å². The number of anilines is 1. The Hall–Kier alpha value is -4.44. The van der Waals surface area contributed by atoms with Crippen molar-refractivity contribution in [1.29, 1.82) is 0 Å². The first-order valence-corrected chi connectivity index (χ1v) is 13.9. The van der Waals surface area contributed by atoms with Crippen molar-refractivity contribution in [1.82, 2.24) is 10.6 Å². The lowest BCUT2D eigenvalue weighted by Crippen LogP contribution is -2.40. The zero-order chi connectivity index (χ0) is 28.4. The lowest BCUT2D eigenvalue weighted by atomic mass is 9.94. The van der Waals surface area contributed by atoms with Gasteiger partial charge in [-0.2, -0.15) is 0 Å². The molecule has 0 radical (unpaired) electrons. The van der Waals surface area contributed by atoms with Gasteiger partial charge in [0.2, 0.25) is 15.9 Å². The van der Waals surface area contributed by atoms with Gasteiger partial charge in [-0.25, -0.2) is 12.8 Å². The highest BCUT2D eigenvalue weighted by atomic mass is 32.2. The molecule has 0 bridgehead atoms. The maximum absolute atomic E-state index is 13.5. The minimum atomic E-state index is -3.70. The summed E-state index contributed by atoms with van der Waals surface area (Å²) in [5.74, 6) is -1.11. The third-order valence-electron chi connectivity index (χ3n) is 6.06. The lowest BCUT2D eigenvalue weighted by molar-refractivity contribution is -0.118. The molecule has 39 heavy (non-hydrogen) atoms. The summed E-state index contributed by atoms with van der Waals surface area (Å²) in [5, 5.41) is 5.90. The first kappa shape index (κ1) is 27.6. The smallest absolute Gasteiger partial charge is 0.255 e. The van der Waals surface area contributed by atoms with Crippen LogP contribution in [-0.2, 0) is 20.4 Å². The highest BCUT2D eigenvalue weighted by Gasteiger charge is 2.24. The minimum absolute atomic E-state index is 0.152. The van der Waals surface area contributed by atoms with E-state index >= 15 is 0 Å². The Balaban J connectivity index is 1.80. The Morgan fingerprint density at radius 1 is 1.00 bits per heavy atom. The van der Waals surface area contributed by atoms with Crippen molar-refractivity contribution in [2.75, 3.05) is 18.0 Å². The lowest BCUT2D eigenvalue weighted by Gasteiger charge is -2.26. The number of hydrogen-bond acceptors (Lipinski definition) is 5. The van der Waals surface area contributed by atoms with Gasteiger partial charge >= 0.3 is 0 Å². The monoisotopic (exact) mass is 549 g/mol. The summed E-state index contributed by atoms with van der Waals surface area (Å²) in [4.78, 5) is 25.7. The summed E-state index contributed by atoms with van der Waals surface area (Å²) in [7, 11) is -2.23. The van der Waals surface area contributed by atoms with Gasteiger partial charge in [0.25, 0.3) is 5.91 Å². The van der Waals surface area contributed by atoms with E-state index in [1.54, 1.807) is 6.07 Å². The molecule has 0 aliphatic rings. The molecule has 3 aromatic carbocycles. The van der Waals surface area contributed by atoms with Crippen LogP contribution in [0.5, 0.6) is 0 Å². The molecule has 4 rings (SSSR count). The number of furan rings is 1. The minimum Gasteiger partial charge on any atom is -0.455 e. The molecule has 0 saturated heterocycles. The molecule has 3 N–H and O–H groups in total. The predicted octanol–water partition coefficient (Wildman–Crippen LogP) is 5.03. The molecular formula is C29H28FN3O5S. The summed E-state index contributed by atoms with van der Waals surface area (Å²) in [6.07, 6.45) is 3.75. The van der Waals surface area contributed by atoms with Crippen LogP contribution in [0.25, 0.3) is 28.4 Å². The predicted molar refractivity (Wildman–Crippen MR) is 150 cm³/mol. The fourth-order valence-electron chi connectivity index (χ4n) is 4.18. The van der Waals surface area contributed by atoms with Crippen molar-refractivity contribution in [2.45, 2.75) is 19.4 Å². The van der Waals surface area contributed by atoms with Crippen molar-refractivity contribution in [3.8, 4) is 11.3 Å². The molecule has 4 aromatic rings. The summed E-state index contributed by atoms with van der Waals surface area (Å²) in [5.41, 5.74) is 1.61. The molecule has 0 spiro atoms. The molecule has 0 atom stereocenters. The fraction of sp³-hybridized carbons (Fsp3) is 0.172. The molecule has 1 aromatic heterocycles. The second-order valence-corrected chi connectivity index (χ2v) is 11.3. The van der Waals surface area contributed by atoms with Gasteiger partial charge in [-0.15, -0.1) is 0 Å². The number of benzene rings is 3. The zero-order valence-corrected chi connectivity index (χ0v) is 22.6. The van der Waals surface area contributed by atoms with Crippen molar-refractivity contribution in [3.05, 3.63) is 95.3 Å². The van der Waals surface area contributed by atoms with Crippen LogP contribution in [0.1, 0.15) is 35.3 Å². The van der Waals surface area contributed by atoms with Crippen LogP contribution in [0.3, 0.4) is 0 Å². The molecule has 202 valence electrons. The summed E-state index contributed by atoms with van der Waals surface area (Å²) >= 11 is 0. The van der Waals surface area contributed by atoms with Crippen LogP contribution in [0, 0.1) is 5.82 Å². The molecule has 8 nitrogen and oxygen atoms in total. The van der Waals surface area contributed by atoms with Gasteiger partial charge in [-0.3, -0.25) is 14.3 Å². The Bertz CT molecular complexity index is 1680. The largest absolute Gasteiger partial charge is 0.455 e. The summed E-state index contributed by atoms with van der Waals surface area (Å²) in [6.45, 7) is 3.74. The van der Waals surface area contributed by atoms with Crippen LogP contribution in [0.4, 0.5) is 10.1 Å². The van der Waals surface area contributed by atoms with Gasteiger partial charge in [-0.1, -0.05) is 30.3 Å². The first-order valence-electron chi connectivity index (χ1n) is 12.0. The number of nitrogens with one attached hydrogen (secondary N) is 3. The molecule has 0 fully saturated rings. The van der Waals surface area contributed by atoms with E-state index < -0.39 is 33.2 Å². The number of amides is 2. The van der Waals surface area contributed by atoms with E-state index in [0.717, 1.165) is 11.8 Å². The number of sulfonamides is 1. The standard InChI is InChI=1S/C29H28FN3O5S/c1-29(2,20-8-6-5-7-9-20)32-25(34)15-12-19-16-22-24(17-23(19)33-39(4,36)37)38-27(26(22)28(35)31-3)18-10-13-21(30)14-11-18/h5-17,33H,1-4H3,(H,31,35)(H,32,34). The average molecular weight is 550 g/mol. The molecule has 0 aliphatic carbocycles. The SMILES string of the molecule is CNC(=O)c1c(-c2ccc(F)cc2)oc2cc(NS(C)(=O)=O)c(C=CC(=O)NC(C)(C)c3ccccc3)cc12. The Labute approximate surface area is 226 Å². The number of rotatable bonds is 8. The number of carbonyl (C=O) groups excluding carboxylic acids is 2. The van der Waals surface area contributed by atoms with Crippen LogP contribution >= 0.6 is 0 Å². The maximum Gasteiger partial charge on any atom is 0.255 e. The molecule has 0 unspecified atom stereocenters. The number of fused-ring (bicyclic) bond motifs is 1. The molecule has 2 amide bonds. The van der Waals surface area contributed by atoms with Gasteiger partial charge in [-0.05, 0) is 61.4 Å². The molecule has 1 heterocycles. The molecule has 0 aliphatic heterocycles. The van der Waals surface area contributed by atoms with Gasteiger partial charge in [0.05, 0.1) is 23.0 Å². The van der Waals surface area contributed by atoms with E-state index in [4.69, 9.17) is 4.42 Å². The van der Waals surface area contributed by atoms with Gasteiger partial charge in [0.15, 0.2) is 0 Å². The normalized spacial score (nSPS) is 12.0. The third kappa shape index (κ3) is 6.35. The van der Waals surface area contributed by atoms with Crippen molar-refractivity contribution < 1.29 is 26.8 Å². The van der Waals surface area contributed by atoms with Gasteiger partial charge < -0.3 is 15.1 Å². The highest BCUT2D eigenvalue weighted by molar-refractivity contribution is 7.92. The van der Waals surface area contributed by atoms with E-state index in [9.17, 15) is 22.4 Å². The van der Waals surface area contributed by atoms with Crippen molar-refractivity contribution >= 4 is 44.6 Å². The molecule has 0 saturated carbocycles. The Morgan fingerprint density at radius 2 is 1.67 bits per heavy atom. The van der Waals surface area contributed by atoms with Crippen LogP contribution < -0.4 is 15.4 Å². The van der Waals surface area contributed by atoms with E-state index in [1.807, 2.05) is 44.2 Å². The molecule has 10 heteroatoms. The van der Waals surface area contributed by atoms with Crippen LogP contribution in [-0.4, -0.2) is 33.5 Å². The van der Waals surface area contributed by atoms with E-state index in [1.165, 1.54) is 49.5 Å². The second kappa shape index (κ2) is 10.7. The maximum atomic E-state index is 13.5. The van der Waals surface area contributed by atoms with Crippen LogP contribution in [0.2, 0.25) is 0 Å². The first-order chi connectivity index (χ1) is 18.4. The fourth-order valence-corrected chi connectivity index (χ4v) is 4.76. The second-order valence-electron chi connectivity index (χ2n) is 9.52. The van der Waals surface area contributed by atoms with E-state index in [-0.39, 0.29) is 22.6 Å². The van der Waals surface area contributed by atoms with Crippen molar-refractivity contribution in [3.63, 3.8) is 0 Å².